The standard InChI is InChI=1S/C12H16FN3O2/c13-10-4-2-1-3-9(10)5-6-11(17)15-16-12(18)7-8-14/h1-4H,5-8,14H2,(H,15,17)(H,16,18). The second kappa shape index (κ2) is 7.39. The molecule has 98 valence electrons. The summed E-state index contributed by atoms with van der Waals surface area (Å²) in [6.07, 6.45) is 0.530. The molecule has 1 aromatic carbocycles. The van der Waals surface area contributed by atoms with Crippen molar-refractivity contribution in [2.75, 3.05) is 6.54 Å². The first-order chi connectivity index (χ1) is 8.63. The predicted octanol–water partition coefficient (Wildman–Crippen LogP) is 0.255. The maximum Gasteiger partial charge on any atom is 0.239 e. The number of hydrogen-bond donors (Lipinski definition) is 3. The van der Waals surface area contributed by atoms with Crippen LogP contribution in [0.2, 0.25) is 0 Å². The number of aryl methyl sites for hydroxylation is 1. The highest BCUT2D eigenvalue weighted by Gasteiger charge is 2.06. The molecule has 0 saturated heterocycles. The Morgan fingerprint density at radius 3 is 2.33 bits per heavy atom. The van der Waals surface area contributed by atoms with Gasteiger partial charge < -0.3 is 5.73 Å². The molecule has 0 saturated carbocycles. The first kappa shape index (κ1) is 14.1. The van der Waals surface area contributed by atoms with Crippen LogP contribution in [-0.4, -0.2) is 18.4 Å². The zero-order valence-electron chi connectivity index (χ0n) is 9.91. The Hall–Kier alpha value is -1.95. The lowest BCUT2D eigenvalue weighted by molar-refractivity contribution is -0.128. The van der Waals surface area contributed by atoms with Gasteiger partial charge >= 0.3 is 0 Å². The summed E-state index contributed by atoms with van der Waals surface area (Å²) in [5.41, 5.74) is 10.1. The third-order valence-corrected chi connectivity index (χ3v) is 2.29. The van der Waals surface area contributed by atoms with Gasteiger partial charge in [0.25, 0.3) is 0 Å². The van der Waals surface area contributed by atoms with Crippen LogP contribution in [0, 0.1) is 5.82 Å². The van der Waals surface area contributed by atoms with Crippen LogP contribution < -0.4 is 16.6 Å². The van der Waals surface area contributed by atoms with E-state index in [1.165, 1.54) is 6.07 Å². The topological polar surface area (TPSA) is 84.2 Å². The maximum absolute atomic E-state index is 13.2. The summed E-state index contributed by atoms with van der Waals surface area (Å²) in [5.74, 6) is -1.06. The molecule has 6 heteroatoms. The highest BCUT2D eigenvalue weighted by atomic mass is 19.1. The van der Waals surface area contributed by atoms with E-state index < -0.39 is 0 Å². The van der Waals surface area contributed by atoms with Gasteiger partial charge in [-0.1, -0.05) is 18.2 Å². The molecule has 0 heterocycles. The summed E-state index contributed by atoms with van der Waals surface area (Å²) in [7, 11) is 0. The van der Waals surface area contributed by atoms with Crippen LogP contribution in [0.5, 0.6) is 0 Å². The Bertz CT molecular complexity index is 424. The van der Waals surface area contributed by atoms with Gasteiger partial charge in [-0.3, -0.25) is 20.4 Å². The smallest absolute Gasteiger partial charge is 0.239 e. The zero-order chi connectivity index (χ0) is 13.4. The molecule has 1 aromatic rings. The highest BCUT2D eigenvalue weighted by molar-refractivity contribution is 5.82. The molecule has 5 nitrogen and oxygen atoms in total. The van der Waals surface area contributed by atoms with Gasteiger partial charge in [0.1, 0.15) is 5.82 Å². The van der Waals surface area contributed by atoms with Crippen molar-refractivity contribution < 1.29 is 14.0 Å². The number of amides is 2. The van der Waals surface area contributed by atoms with Crippen molar-refractivity contribution in [2.24, 2.45) is 5.73 Å². The van der Waals surface area contributed by atoms with Gasteiger partial charge in [0.2, 0.25) is 11.8 Å². The summed E-state index contributed by atoms with van der Waals surface area (Å²) in [6.45, 7) is 0.219. The number of benzene rings is 1. The quantitative estimate of drug-likeness (QED) is 0.658. The van der Waals surface area contributed by atoms with Crippen molar-refractivity contribution in [3.05, 3.63) is 35.6 Å². The first-order valence-corrected chi connectivity index (χ1v) is 5.64. The molecule has 2 amide bonds. The molecule has 0 atom stereocenters. The average molecular weight is 253 g/mol. The summed E-state index contributed by atoms with van der Waals surface area (Å²) in [4.78, 5) is 22.4. The summed E-state index contributed by atoms with van der Waals surface area (Å²) in [6, 6.07) is 6.26. The van der Waals surface area contributed by atoms with Gasteiger partial charge in [-0.2, -0.15) is 0 Å². The number of halogens is 1. The van der Waals surface area contributed by atoms with Crippen LogP contribution in [0.15, 0.2) is 24.3 Å². The number of carbonyl (C=O) groups is 2. The minimum absolute atomic E-state index is 0.101. The molecule has 0 aliphatic rings. The summed E-state index contributed by atoms with van der Waals surface area (Å²) in [5, 5.41) is 0. The van der Waals surface area contributed by atoms with Crippen LogP contribution in [0.25, 0.3) is 0 Å². The third kappa shape index (κ3) is 4.92. The molecule has 1 rings (SSSR count). The molecule has 0 aromatic heterocycles. The number of nitrogens with two attached hydrogens (primary N) is 1. The van der Waals surface area contributed by atoms with E-state index in [0.717, 1.165) is 0 Å². The normalized spacial score (nSPS) is 9.89. The fourth-order valence-electron chi connectivity index (χ4n) is 1.34. The molecule has 18 heavy (non-hydrogen) atoms. The van der Waals surface area contributed by atoms with E-state index >= 15 is 0 Å². The lowest BCUT2D eigenvalue weighted by Gasteiger charge is -2.07. The second-order valence-corrected chi connectivity index (χ2v) is 3.73. The lowest BCUT2D eigenvalue weighted by atomic mass is 10.1. The Balaban J connectivity index is 2.29. The van der Waals surface area contributed by atoms with Gasteiger partial charge in [0.15, 0.2) is 0 Å². The molecule has 0 aliphatic heterocycles. The summed E-state index contributed by atoms with van der Waals surface area (Å²) < 4.78 is 13.2. The fourth-order valence-corrected chi connectivity index (χ4v) is 1.34. The van der Waals surface area contributed by atoms with Gasteiger partial charge in [0, 0.05) is 19.4 Å². The minimum Gasteiger partial charge on any atom is -0.330 e. The van der Waals surface area contributed by atoms with Gasteiger partial charge in [0.05, 0.1) is 0 Å². The highest BCUT2D eigenvalue weighted by Crippen LogP contribution is 2.08. The molecule has 0 bridgehead atoms. The Morgan fingerprint density at radius 1 is 1.11 bits per heavy atom. The van der Waals surface area contributed by atoms with Crippen molar-refractivity contribution >= 4 is 11.8 Å². The van der Waals surface area contributed by atoms with Crippen LogP contribution >= 0.6 is 0 Å². The molecule has 0 fully saturated rings. The van der Waals surface area contributed by atoms with Crippen molar-refractivity contribution in [1.82, 2.24) is 10.9 Å². The summed E-state index contributed by atoms with van der Waals surface area (Å²) >= 11 is 0. The van der Waals surface area contributed by atoms with Crippen LogP contribution in [0.3, 0.4) is 0 Å². The molecular formula is C12H16FN3O2. The first-order valence-electron chi connectivity index (χ1n) is 5.64. The largest absolute Gasteiger partial charge is 0.330 e. The van der Waals surface area contributed by atoms with E-state index in [2.05, 4.69) is 10.9 Å². The number of nitrogens with one attached hydrogen (secondary N) is 2. The van der Waals surface area contributed by atoms with Gasteiger partial charge in [-0.25, -0.2) is 4.39 Å². The molecule has 4 N–H and O–H groups in total. The van der Waals surface area contributed by atoms with Crippen LogP contribution in [-0.2, 0) is 16.0 Å². The predicted molar refractivity (Wildman–Crippen MR) is 64.7 cm³/mol. The van der Waals surface area contributed by atoms with Gasteiger partial charge in [-0.05, 0) is 18.1 Å². The van der Waals surface area contributed by atoms with Crippen molar-refractivity contribution in [2.45, 2.75) is 19.3 Å². The maximum atomic E-state index is 13.2. The zero-order valence-corrected chi connectivity index (χ0v) is 9.91. The number of hydrazine groups is 1. The SMILES string of the molecule is NCCC(=O)NNC(=O)CCc1ccccc1F. The Kier molecular flexibility index (Phi) is 5.79. The van der Waals surface area contributed by atoms with Crippen molar-refractivity contribution in [1.29, 1.82) is 0 Å². The third-order valence-electron chi connectivity index (χ3n) is 2.29. The monoisotopic (exact) mass is 253 g/mol. The molecule has 0 aliphatic carbocycles. The van der Waals surface area contributed by atoms with E-state index in [4.69, 9.17) is 5.73 Å². The van der Waals surface area contributed by atoms with E-state index in [0.29, 0.717) is 5.56 Å². The molecular weight excluding hydrogens is 237 g/mol. The number of rotatable bonds is 5. The van der Waals surface area contributed by atoms with Crippen LogP contribution in [0.1, 0.15) is 18.4 Å². The van der Waals surface area contributed by atoms with E-state index in [-0.39, 0.29) is 43.4 Å². The minimum atomic E-state index is -0.372. The van der Waals surface area contributed by atoms with Gasteiger partial charge in [-0.15, -0.1) is 0 Å². The lowest BCUT2D eigenvalue weighted by Crippen LogP contribution is -2.42. The molecule has 0 unspecified atom stereocenters. The van der Waals surface area contributed by atoms with Crippen molar-refractivity contribution in [3.63, 3.8) is 0 Å². The van der Waals surface area contributed by atoms with Crippen molar-refractivity contribution in [3.8, 4) is 0 Å². The Morgan fingerprint density at radius 2 is 1.72 bits per heavy atom. The number of carbonyl (C=O) groups excluding carboxylic acids is 2. The van der Waals surface area contributed by atoms with E-state index in [1.54, 1.807) is 18.2 Å². The van der Waals surface area contributed by atoms with Crippen LogP contribution in [0.4, 0.5) is 4.39 Å². The van der Waals surface area contributed by atoms with E-state index in [9.17, 15) is 14.0 Å². The second-order valence-electron chi connectivity index (χ2n) is 3.73. The Labute approximate surface area is 105 Å². The molecule has 0 spiro atoms. The average Bonchev–Trinajstić information content (AvgIpc) is 2.36. The number of hydrogen-bond acceptors (Lipinski definition) is 3. The molecule has 0 radical (unpaired) electrons. The fraction of sp³-hybridized carbons (Fsp3) is 0.333. The van der Waals surface area contributed by atoms with E-state index in [1.807, 2.05) is 0 Å².